The van der Waals surface area contributed by atoms with Crippen LogP contribution in [0.5, 0.6) is 0 Å². The van der Waals surface area contributed by atoms with Crippen molar-refractivity contribution < 1.29 is 32.5 Å². The quantitative estimate of drug-likeness (QED) is 0.552. The molecular weight excluding hydrogens is 401 g/mol. The zero-order chi connectivity index (χ0) is 21.5. The molecule has 0 bridgehead atoms. The van der Waals surface area contributed by atoms with Gasteiger partial charge in [0.25, 0.3) is 5.56 Å². The number of ether oxygens (including phenoxy) is 2. The van der Waals surface area contributed by atoms with E-state index in [-0.39, 0.29) is 17.1 Å². The molecule has 0 saturated carbocycles. The van der Waals surface area contributed by atoms with Gasteiger partial charge in [-0.1, -0.05) is 13.8 Å². The molecule has 1 aliphatic rings. The van der Waals surface area contributed by atoms with Crippen LogP contribution >= 0.6 is 0 Å². The number of alkyl halides is 3. The fourth-order valence-electron chi connectivity index (χ4n) is 2.70. The van der Waals surface area contributed by atoms with E-state index in [9.17, 15) is 27.9 Å². The van der Waals surface area contributed by atoms with Crippen molar-refractivity contribution in [3.63, 3.8) is 0 Å². The highest BCUT2D eigenvalue weighted by Crippen LogP contribution is 2.34. The predicted molar refractivity (Wildman–Crippen MR) is 91.3 cm³/mol. The van der Waals surface area contributed by atoms with Crippen LogP contribution < -0.4 is 10.9 Å². The number of aliphatic hydroxyl groups excluding tert-OH is 1. The van der Waals surface area contributed by atoms with Crippen molar-refractivity contribution in [3.8, 4) is 0 Å². The second-order valence-corrected chi connectivity index (χ2v) is 6.52. The number of nitrogens with zero attached hydrogens (tertiary/aromatic N) is 3. The Morgan fingerprint density at radius 3 is 2.79 bits per heavy atom. The number of aromatic nitrogens is 4. The van der Waals surface area contributed by atoms with Crippen LogP contribution in [0.15, 0.2) is 11.1 Å². The molecule has 3 atom stereocenters. The summed E-state index contributed by atoms with van der Waals surface area (Å²) in [6.45, 7) is 2.48. The van der Waals surface area contributed by atoms with Gasteiger partial charge in [-0.15, -0.1) is 13.2 Å². The van der Waals surface area contributed by atoms with E-state index in [4.69, 9.17) is 10.1 Å². The summed E-state index contributed by atoms with van der Waals surface area (Å²) in [5.74, 6) is -1.10. The Morgan fingerprint density at radius 2 is 2.21 bits per heavy atom. The summed E-state index contributed by atoms with van der Waals surface area (Å²) in [6, 6.07) is 0. The van der Waals surface area contributed by atoms with Crippen molar-refractivity contribution in [3.05, 3.63) is 16.7 Å². The molecule has 11 nitrogen and oxygen atoms in total. The Hall–Kier alpha value is -2.84. The SMILES string of the molecule is CC(C)C(=O)Nc1nc2c(ncn2[C@@H]2O[C@H](CO)C(=N)[C@H]2OC(F)(F)F)c(=O)[nH]1. The van der Waals surface area contributed by atoms with Gasteiger partial charge >= 0.3 is 6.36 Å². The Bertz CT molecular complexity index is 1000. The number of aliphatic hydroxyl groups is 1. The zero-order valence-electron chi connectivity index (χ0n) is 15.1. The number of carbonyl (C=O) groups is 1. The van der Waals surface area contributed by atoms with Crippen LogP contribution in [0, 0.1) is 11.3 Å². The lowest BCUT2D eigenvalue weighted by Gasteiger charge is -2.21. The average molecular weight is 418 g/mol. The summed E-state index contributed by atoms with van der Waals surface area (Å²) in [4.78, 5) is 34.2. The molecule has 1 saturated heterocycles. The van der Waals surface area contributed by atoms with Crippen LogP contribution in [0.3, 0.4) is 0 Å². The molecule has 0 unspecified atom stereocenters. The van der Waals surface area contributed by atoms with Crippen LogP contribution in [0.2, 0.25) is 0 Å². The van der Waals surface area contributed by atoms with Gasteiger partial charge in [-0.25, -0.2) is 4.98 Å². The van der Waals surface area contributed by atoms with Crippen molar-refractivity contribution in [2.75, 3.05) is 11.9 Å². The summed E-state index contributed by atoms with van der Waals surface area (Å²) < 4.78 is 48.7. The molecule has 2 aromatic heterocycles. The van der Waals surface area contributed by atoms with Gasteiger partial charge in [-0.3, -0.25) is 29.2 Å². The van der Waals surface area contributed by atoms with Crippen LogP contribution in [-0.2, 0) is 14.3 Å². The largest absolute Gasteiger partial charge is 0.523 e. The summed E-state index contributed by atoms with van der Waals surface area (Å²) in [5.41, 5.74) is -1.79. The molecule has 4 N–H and O–H groups in total. The van der Waals surface area contributed by atoms with Gasteiger partial charge in [0.05, 0.1) is 18.6 Å². The second-order valence-electron chi connectivity index (χ2n) is 6.52. The molecule has 2 aromatic rings. The van der Waals surface area contributed by atoms with Crippen molar-refractivity contribution >= 4 is 28.7 Å². The number of anilines is 1. The molecule has 29 heavy (non-hydrogen) atoms. The Balaban J connectivity index is 2.05. The molecular formula is C15H17F3N6O5. The number of hydrogen-bond acceptors (Lipinski definition) is 8. The first kappa shape index (κ1) is 20.9. The van der Waals surface area contributed by atoms with E-state index >= 15 is 0 Å². The number of nitrogens with one attached hydrogen (secondary N) is 3. The first-order valence-corrected chi connectivity index (χ1v) is 8.38. The molecule has 0 aromatic carbocycles. The topological polar surface area (TPSA) is 155 Å². The third-order valence-corrected chi connectivity index (χ3v) is 4.11. The van der Waals surface area contributed by atoms with Crippen molar-refractivity contribution in [2.45, 2.75) is 38.6 Å². The lowest BCUT2D eigenvalue weighted by atomic mass is 10.1. The lowest BCUT2D eigenvalue weighted by molar-refractivity contribution is -0.342. The number of halogens is 3. The summed E-state index contributed by atoms with van der Waals surface area (Å²) in [7, 11) is 0. The van der Waals surface area contributed by atoms with E-state index in [0.717, 1.165) is 10.9 Å². The normalized spacial score (nSPS) is 22.6. The predicted octanol–water partition coefficient (Wildman–Crippen LogP) is 0.529. The van der Waals surface area contributed by atoms with E-state index in [1.165, 1.54) is 0 Å². The monoisotopic (exact) mass is 418 g/mol. The summed E-state index contributed by atoms with van der Waals surface area (Å²) in [5, 5.41) is 19.5. The van der Waals surface area contributed by atoms with E-state index in [1.54, 1.807) is 13.8 Å². The first-order valence-electron chi connectivity index (χ1n) is 8.38. The average Bonchev–Trinajstić information content (AvgIpc) is 3.16. The third kappa shape index (κ3) is 4.13. The number of amides is 1. The standard InChI is InChI=1S/C15H17F3N6O5/c1-5(2)11(26)22-14-21-10-8(12(27)23-14)20-4-24(10)13-9(29-15(16,17)18)7(19)6(3-25)28-13/h4-6,9,13,19,25H,3H2,1-2H3,(H2,21,22,23,26,27)/t6-,9-,13-/m1/s1. The molecule has 0 aliphatic carbocycles. The zero-order valence-corrected chi connectivity index (χ0v) is 15.1. The molecule has 14 heteroatoms. The van der Waals surface area contributed by atoms with Crippen LogP contribution in [-0.4, -0.2) is 61.4 Å². The van der Waals surface area contributed by atoms with Gasteiger partial charge in [0.15, 0.2) is 23.5 Å². The number of imidazole rings is 1. The molecule has 1 fully saturated rings. The molecule has 0 radical (unpaired) electrons. The molecule has 0 spiro atoms. The third-order valence-electron chi connectivity index (χ3n) is 4.11. The van der Waals surface area contributed by atoms with Gasteiger partial charge in [0.1, 0.15) is 6.10 Å². The van der Waals surface area contributed by atoms with E-state index < -0.39 is 54.5 Å². The van der Waals surface area contributed by atoms with Crippen molar-refractivity contribution in [2.24, 2.45) is 5.92 Å². The second kappa shape index (κ2) is 7.53. The first-order chi connectivity index (χ1) is 13.5. The van der Waals surface area contributed by atoms with E-state index in [0.29, 0.717) is 0 Å². The van der Waals surface area contributed by atoms with Crippen LogP contribution in [0.1, 0.15) is 20.1 Å². The minimum Gasteiger partial charge on any atom is -0.393 e. The van der Waals surface area contributed by atoms with Crippen molar-refractivity contribution in [1.82, 2.24) is 19.5 Å². The molecule has 158 valence electrons. The molecule has 3 heterocycles. The maximum absolute atomic E-state index is 12.8. The fraction of sp³-hybridized carbons (Fsp3) is 0.533. The summed E-state index contributed by atoms with van der Waals surface area (Å²) >= 11 is 0. The maximum atomic E-state index is 12.8. The highest BCUT2D eigenvalue weighted by atomic mass is 19.4. The van der Waals surface area contributed by atoms with Crippen molar-refractivity contribution in [1.29, 1.82) is 5.41 Å². The Morgan fingerprint density at radius 1 is 1.52 bits per heavy atom. The minimum absolute atomic E-state index is 0.194. The van der Waals surface area contributed by atoms with Gasteiger partial charge in [0.2, 0.25) is 11.9 Å². The maximum Gasteiger partial charge on any atom is 0.523 e. The number of hydrogen-bond donors (Lipinski definition) is 4. The van der Waals surface area contributed by atoms with Gasteiger partial charge < -0.3 is 15.3 Å². The smallest absolute Gasteiger partial charge is 0.393 e. The fourth-order valence-corrected chi connectivity index (χ4v) is 2.70. The molecule has 1 amide bonds. The van der Waals surface area contributed by atoms with E-state index in [1.807, 2.05) is 0 Å². The summed E-state index contributed by atoms with van der Waals surface area (Å²) in [6.07, 6.45) is -8.92. The van der Waals surface area contributed by atoms with Gasteiger partial charge in [-0.05, 0) is 0 Å². The number of carbonyl (C=O) groups excluding carboxylic acids is 1. The highest BCUT2D eigenvalue weighted by molar-refractivity contribution is 5.92. The Labute approximate surface area is 160 Å². The highest BCUT2D eigenvalue weighted by Gasteiger charge is 2.48. The van der Waals surface area contributed by atoms with Gasteiger partial charge in [-0.2, -0.15) is 4.98 Å². The lowest BCUT2D eigenvalue weighted by Crippen LogP contribution is -2.35. The number of fused-ring (bicyclic) bond motifs is 1. The molecule has 1 aliphatic heterocycles. The van der Waals surface area contributed by atoms with Crippen LogP contribution in [0.25, 0.3) is 11.2 Å². The Kier molecular flexibility index (Phi) is 5.42. The van der Waals surface area contributed by atoms with Gasteiger partial charge in [0, 0.05) is 5.92 Å². The number of H-pyrrole nitrogens is 1. The minimum atomic E-state index is -5.08. The van der Waals surface area contributed by atoms with Crippen LogP contribution in [0.4, 0.5) is 19.1 Å². The number of aromatic amines is 1. The number of rotatable bonds is 5. The molecule has 3 rings (SSSR count). The van der Waals surface area contributed by atoms with E-state index in [2.05, 4.69) is 25.0 Å².